The number of anilines is 1. The molecule has 1 unspecified atom stereocenters. The van der Waals surface area contributed by atoms with Crippen LogP contribution in [0.5, 0.6) is 0 Å². The fourth-order valence-corrected chi connectivity index (χ4v) is 2.90. The van der Waals surface area contributed by atoms with Crippen molar-refractivity contribution in [2.75, 3.05) is 31.6 Å². The van der Waals surface area contributed by atoms with Crippen LogP contribution in [0, 0.1) is 0 Å². The highest BCUT2D eigenvalue weighted by atomic mass is 35.5. The molecule has 100 valence electrons. The first-order valence-electron chi connectivity index (χ1n) is 6.28. The van der Waals surface area contributed by atoms with E-state index in [9.17, 15) is 5.11 Å². The Morgan fingerprint density at radius 2 is 2.17 bits per heavy atom. The molecule has 0 saturated carbocycles. The van der Waals surface area contributed by atoms with E-state index in [1.807, 2.05) is 18.2 Å². The summed E-state index contributed by atoms with van der Waals surface area (Å²) in [7, 11) is 2.07. The third-order valence-corrected chi connectivity index (χ3v) is 3.95. The Morgan fingerprint density at radius 3 is 2.78 bits per heavy atom. The average Bonchev–Trinajstić information content (AvgIpc) is 2.28. The van der Waals surface area contributed by atoms with Crippen molar-refractivity contribution in [3.8, 4) is 0 Å². The number of rotatable bonds is 2. The van der Waals surface area contributed by atoms with Crippen molar-refractivity contribution in [3.63, 3.8) is 0 Å². The van der Waals surface area contributed by atoms with Gasteiger partial charge in [-0.3, -0.25) is 4.90 Å². The maximum Gasteiger partial charge on any atom is 0.0604 e. The van der Waals surface area contributed by atoms with Gasteiger partial charge in [0, 0.05) is 29.3 Å². The minimum absolute atomic E-state index is 0.0328. The normalized spacial score (nSPS) is 24.3. The quantitative estimate of drug-likeness (QED) is 0.891. The van der Waals surface area contributed by atoms with Gasteiger partial charge in [-0.05, 0) is 39.1 Å². The number of aliphatic hydroxyl groups is 1. The van der Waals surface area contributed by atoms with E-state index >= 15 is 0 Å². The number of hydrogen-bond acceptors (Lipinski definition) is 3. The van der Waals surface area contributed by atoms with Crippen molar-refractivity contribution in [2.45, 2.75) is 25.4 Å². The molecule has 18 heavy (non-hydrogen) atoms. The summed E-state index contributed by atoms with van der Waals surface area (Å²) in [5, 5.41) is 10.2. The highest BCUT2D eigenvalue weighted by Gasteiger charge is 2.37. The van der Waals surface area contributed by atoms with Gasteiger partial charge in [0.25, 0.3) is 0 Å². The van der Waals surface area contributed by atoms with Crippen molar-refractivity contribution in [1.29, 1.82) is 0 Å². The van der Waals surface area contributed by atoms with Gasteiger partial charge < -0.3 is 10.0 Å². The second kappa shape index (κ2) is 5.08. The van der Waals surface area contributed by atoms with Gasteiger partial charge in [-0.2, -0.15) is 0 Å². The second-order valence-corrected chi connectivity index (χ2v) is 6.09. The second-order valence-electron chi connectivity index (χ2n) is 5.65. The van der Waals surface area contributed by atoms with Crippen LogP contribution in [-0.2, 0) is 0 Å². The molecule has 2 rings (SSSR count). The van der Waals surface area contributed by atoms with Crippen LogP contribution >= 0.6 is 11.6 Å². The molecular weight excluding hydrogens is 248 g/mol. The Morgan fingerprint density at radius 1 is 1.44 bits per heavy atom. The zero-order valence-corrected chi connectivity index (χ0v) is 12.0. The zero-order chi connectivity index (χ0) is 13.3. The Kier molecular flexibility index (Phi) is 3.85. The topological polar surface area (TPSA) is 26.7 Å². The molecule has 1 saturated heterocycles. The molecule has 0 spiro atoms. The molecule has 4 heteroatoms. The van der Waals surface area contributed by atoms with Crippen LogP contribution in [0.25, 0.3) is 0 Å². The van der Waals surface area contributed by atoms with E-state index in [-0.39, 0.29) is 18.2 Å². The van der Waals surface area contributed by atoms with E-state index in [1.54, 1.807) is 0 Å². The zero-order valence-electron chi connectivity index (χ0n) is 11.2. The van der Waals surface area contributed by atoms with Crippen molar-refractivity contribution in [3.05, 3.63) is 29.3 Å². The number of piperazine rings is 1. The van der Waals surface area contributed by atoms with Gasteiger partial charge >= 0.3 is 0 Å². The van der Waals surface area contributed by atoms with Crippen molar-refractivity contribution in [2.24, 2.45) is 0 Å². The summed E-state index contributed by atoms with van der Waals surface area (Å²) in [5.74, 6) is 0. The van der Waals surface area contributed by atoms with Gasteiger partial charge in [0.15, 0.2) is 0 Å². The maximum atomic E-state index is 9.46. The van der Waals surface area contributed by atoms with Crippen LogP contribution in [-0.4, -0.2) is 48.3 Å². The lowest BCUT2D eigenvalue weighted by Crippen LogP contribution is -2.63. The molecule has 1 aromatic rings. The Labute approximate surface area is 114 Å². The van der Waals surface area contributed by atoms with Crippen LogP contribution in [0.15, 0.2) is 24.3 Å². The Hall–Kier alpha value is -0.770. The molecule has 0 aromatic heterocycles. The molecule has 0 aliphatic carbocycles. The first-order chi connectivity index (χ1) is 8.44. The van der Waals surface area contributed by atoms with Gasteiger partial charge in [-0.1, -0.05) is 17.7 Å². The van der Waals surface area contributed by atoms with E-state index in [0.29, 0.717) is 0 Å². The van der Waals surface area contributed by atoms with Crippen LogP contribution in [0.3, 0.4) is 0 Å². The van der Waals surface area contributed by atoms with E-state index < -0.39 is 0 Å². The van der Waals surface area contributed by atoms with Crippen molar-refractivity contribution >= 4 is 17.3 Å². The van der Waals surface area contributed by atoms with Crippen LogP contribution < -0.4 is 4.90 Å². The lowest BCUT2D eigenvalue weighted by Gasteiger charge is -2.51. The van der Waals surface area contributed by atoms with Crippen molar-refractivity contribution in [1.82, 2.24) is 4.90 Å². The van der Waals surface area contributed by atoms with E-state index in [0.717, 1.165) is 23.8 Å². The minimum atomic E-state index is 0.0328. The SMILES string of the molecule is CN1CC(C)(C)N(c2cccc(Cl)c2)CC1CO. The molecule has 3 nitrogen and oxygen atoms in total. The smallest absolute Gasteiger partial charge is 0.0604 e. The van der Waals surface area contributed by atoms with E-state index in [1.165, 1.54) is 0 Å². The molecule has 1 N–H and O–H groups in total. The molecule has 0 bridgehead atoms. The number of nitrogens with zero attached hydrogens (tertiary/aromatic N) is 2. The van der Waals surface area contributed by atoms with Gasteiger partial charge in [-0.25, -0.2) is 0 Å². The monoisotopic (exact) mass is 268 g/mol. The molecule has 0 amide bonds. The van der Waals surface area contributed by atoms with Crippen LogP contribution in [0.1, 0.15) is 13.8 Å². The van der Waals surface area contributed by atoms with Gasteiger partial charge in [-0.15, -0.1) is 0 Å². The fraction of sp³-hybridized carbons (Fsp3) is 0.571. The first kappa shape index (κ1) is 13.7. The summed E-state index contributed by atoms with van der Waals surface area (Å²) >= 11 is 6.07. The molecule has 1 aliphatic heterocycles. The molecule has 0 radical (unpaired) electrons. The van der Waals surface area contributed by atoms with Crippen molar-refractivity contribution < 1.29 is 5.11 Å². The summed E-state index contributed by atoms with van der Waals surface area (Å²) in [5.41, 5.74) is 1.16. The summed E-state index contributed by atoms with van der Waals surface area (Å²) < 4.78 is 0. The predicted molar refractivity (Wildman–Crippen MR) is 76.4 cm³/mol. The number of aliphatic hydroxyl groups excluding tert-OH is 1. The lowest BCUT2D eigenvalue weighted by atomic mass is 9.95. The van der Waals surface area contributed by atoms with E-state index in [4.69, 9.17) is 11.6 Å². The molecular formula is C14H21ClN2O. The first-order valence-corrected chi connectivity index (χ1v) is 6.66. The highest BCUT2D eigenvalue weighted by molar-refractivity contribution is 6.30. The molecule has 1 heterocycles. The average molecular weight is 269 g/mol. The highest BCUT2D eigenvalue weighted by Crippen LogP contribution is 2.30. The standard InChI is InChI=1S/C14H21ClN2O/c1-14(2)10-16(3)13(9-18)8-17(14)12-6-4-5-11(15)7-12/h4-7,13,18H,8-10H2,1-3H3. The lowest BCUT2D eigenvalue weighted by molar-refractivity contribution is 0.0980. The number of hydrogen-bond donors (Lipinski definition) is 1. The van der Waals surface area contributed by atoms with E-state index in [2.05, 4.69) is 36.8 Å². The molecule has 1 fully saturated rings. The predicted octanol–water partition coefficient (Wildman–Crippen LogP) is 2.23. The number of halogens is 1. The third kappa shape index (κ3) is 2.63. The number of benzene rings is 1. The molecule has 1 aliphatic rings. The van der Waals surface area contributed by atoms with Crippen LogP contribution in [0.4, 0.5) is 5.69 Å². The largest absolute Gasteiger partial charge is 0.395 e. The van der Waals surface area contributed by atoms with Gasteiger partial charge in [0.2, 0.25) is 0 Å². The molecule has 1 aromatic carbocycles. The summed E-state index contributed by atoms with van der Waals surface area (Å²) in [4.78, 5) is 4.56. The Balaban J connectivity index is 2.30. The van der Waals surface area contributed by atoms with Crippen LogP contribution in [0.2, 0.25) is 5.02 Å². The Bertz CT molecular complexity index is 422. The third-order valence-electron chi connectivity index (χ3n) is 3.71. The number of likely N-dealkylation sites (N-methyl/N-ethyl adjacent to an activating group) is 1. The van der Waals surface area contributed by atoms with Gasteiger partial charge in [0.05, 0.1) is 12.6 Å². The molecule has 1 atom stereocenters. The minimum Gasteiger partial charge on any atom is -0.395 e. The van der Waals surface area contributed by atoms with Gasteiger partial charge in [0.1, 0.15) is 0 Å². The fourth-order valence-electron chi connectivity index (χ4n) is 2.72. The summed E-state index contributed by atoms with van der Waals surface area (Å²) in [6, 6.07) is 8.10. The maximum absolute atomic E-state index is 9.46. The summed E-state index contributed by atoms with van der Waals surface area (Å²) in [6.07, 6.45) is 0. The summed E-state index contributed by atoms with van der Waals surface area (Å²) in [6.45, 7) is 6.37.